The Morgan fingerprint density at radius 3 is 2.73 bits per heavy atom. The van der Waals surface area contributed by atoms with Gasteiger partial charge in [0.1, 0.15) is 6.54 Å². The van der Waals surface area contributed by atoms with Gasteiger partial charge in [-0.05, 0) is 24.6 Å². The average molecular weight is 439 g/mol. The van der Waals surface area contributed by atoms with Crippen molar-refractivity contribution < 1.29 is 27.4 Å². The molecule has 0 spiro atoms. The summed E-state index contributed by atoms with van der Waals surface area (Å²) in [5, 5.41) is 2.73. The van der Waals surface area contributed by atoms with Crippen molar-refractivity contribution in [2.45, 2.75) is 25.0 Å². The number of methoxy groups -OCH3 is 1. The van der Waals surface area contributed by atoms with Gasteiger partial charge in [0.05, 0.1) is 33.3 Å². The maximum atomic E-state index is 12.6. The lowest BCUT2D eigenvalue weighted by Gasteiger charge is -2.24. The van der Waals surface area contributed by atoms with Crippen LogP contribution in [0.25, 0.3) is 0 Å². The number of hydrogen-bond donors (Lipinski definition) is 1. The van der Waals surface area contributed by atoms with Crippen LogP contribution < -0.4 is 14.8 Å². The van der Waals surface area contributed by atoms with Crippen molar-refractivity contribution in [1.29, 1.82) is 0 Å². The lowest BCUT2D eigenvalue weighted by atomic mass is 10.2. The van der Waals surface area contributed by atoms with Crippen LogP contribution in [-0.2, 0) is 32.6 Å². The Balaban J connectivity index is 1.57. The Morgan fingerprint density at radius 2 is 2.03 bits per heavy atom. The van der Waals surface area contributed by atoms with Crippen molar-refractivity contribution in [2.75, 3.05) is 40.0 Å². The molecule has 3 rings (SSSR count). The molecule has 0 unspecified atom stereocenters. The second kappa shape index (κ2) is 9.92. The minimum atomic E-state index is -3.68. The number of imidazole rings is 1. The number of carbonyl (C=O) groups is 1. The highest BCUT2D eigenvalue weighted by atomic mass is 32.2. The van der Waals surface area contributed by atoms with Gasteiger partial charge >= 0.3 is 0 Å². The summed E-state index contributed by atoms with van der Waals surface area (Å²) in [6.45, 7) is 3.98. The van der Waals surface area contributed by atoms with E-state index in [-0.39, 0.29) is 17.5 Å². The molecule has 30 heavy (non-hydrogen) atoms. The summed E-state index contributed by atoms with van der Waals surface area (Å²) in [5.74, 6) is 0.967. The van der Waals surface area contributed by atoms with E-state index in [1.54, 1.807) is 19.2 Å². The first-order valence-corrected chi connectivity index (χ1v) is 11.0. The minimum Gasteiger partial charge on any atom is -0.493 e. The van der Waals surface area contributed by atoms with E-state index in [0.29, 0.717) is 51.0 Å². The van der Waals surface area contributed by atoms with Crippen LogP contribution in [0, 0.1) is 0 Å². The lowest BCUT2D eigenvalue weighted by molar-refractivity contribution is -0.121. The van der Waals surface area contributed by atoms with Crippen molar-refractivity contribution in [3.05, 3.63) is 36.3 Å². The summed E-state index contributed by atoms with van der Waals surface area (Å²) < 4.78 is 44.0. The molecule has 2 aromatic rings. The first kappa shape index (κ1) is 22.1. The topological polar surface area (TPSA) is 112 Å². The van der Waals surface area contributed by atoms with Crippen LogP contribution in [-0.4, -0.2) is 68.2 Å². The molecule has 0 aliphatic carbocycles. The zero-order chi connectivity index (χ0) is 21.6. The van der Waals surface area contributed by atoms with Crippen molar-refractivity contribution in [3.8, 4) is 11.5 Å². The third-order valence-electron chi connectivity index (χ3n) is 4.53. The number of hydrogen-bond acceptors (Lipinski definition) is 7. The molecule has 1 amide bonds. The molecule has 11 heteroatoms. The summed E-state index contributed by atoms with van der Waals surface area (Å²) in [4.78, 5) is 16.2. The highest BCUT2D eigenvalue weighted by Crippen LogP contribution is 2.28. The first-order valence-electron chi connectivity index (χ1n) is 9.60. The first-order chi connectivity index (χ1) is 14.4. The predicted octanol–water partition coefficient (Wildman–Crippen LogP) is 0.628. The molecule has 1 aromatic heterocycles. The molecule has 164 valence electrons. The molecule has 1 aromatic carbocycles. The number of nitrogens with zero attached hydrogens (tertiary/aromatic N) is 3. The number of benzene rings is 1. The van der Waals surface area contributed by atoms with Gasteiger partial charge in [0, 0.05) is 25.8 Å². The molecule has 1 fully saturated rings. The van der Waals surface area contributed by atoms with E-state index in [1.807, 2.05) is 13.0 Å². The second-order valence-electron chi connectivity index (χ2n) is 6.60. The Morgan fingerprint density at radius 1 is 1.27 bits per heavy atom. The number of aromatic nitrogens is 2. The molecule has 0 saturated carbocycles. The number of morpholine rings is 1. The number of ether oxygens (including phenoxy) is 3. The van der Waals surface area contributed by atoms with E-state index in [0.717, 1.165) is 5.56 Å². The highest BCUT2D eigenvalue weighted by molar-refractivity contribution is 7.89. The van der Waals surface area contributed by atoms with Gasteiger partial charge in [-0.1, -0.05) is 6.07 Å². The average Bonchev–Trinajstić information content (AvgIpc) is 3.23. The monoisotopic (exact) mass is 438 g/mol. The second-order valence-corrected chi connectivity index (χ2v) is 8.48. The van der Waals surface area contributed by atoms with Gasteiger partial charge in [0.15, 0.2) is 16.5 Å². The summed E-state index contributed by atoms with van der Waals surface area (Å²) >= 11 is 0. The van der Waals surface area contributed by atoms with Crippen molar-refractivity contribution in [1.82, 2.24) is 19.2 Å². The summed E-state index contributed by atoms with van der Waals surface area (Å²) in [6, 6.07) is 5.44. The fraction of sp³-hybridized carbons (Fsp3) is 0.474. The quantitative estimate of drug-likeness (QED) is 0.611. The van der Waals surface area contributed by atoms with E-state index in [2.05, 4.69) is 10.3 Å². The number of amides is 1. The maximum Gasteiger partial charge on any atom is 0.262 e. The molecule has 0 atom stereocenters. The van der Waals surface area contributed by atoms with Crippen LogP contribution in [0.1, 0.15) is 12.5 Å². The third-order valence-corrected chi connectivity index (χ3v) is 6.31. The van der Waals surface area contributed by atoms with E-state index in [4.69, 9.17) is 14.2 Å². The van der Waals surface area contributed by atoms with Gasteiger partial charge in [-0.25, -0.2) is 13.4 Å². The van der Waals surface area contributed by atoms with Crippen molar-refractivity contribution >= 4 is 15.9 Å². The minimum absolute atomic E-state index is 0.0419. The Kier molecular flexibility index (Phi) is 7.29. The molecule has 1 aliphatic rings. The lowest BCUT2D eigenvalue weighted by Crippen LogP contribution is -2.40. The fourth-order valence-corrected chi connectivity index (χ4v) is 4.34. The fourth-order valence-electron chi connectivity index (χ4n) is 3.00. The summed E-state index contributed by atoms with van der Waals surface area (Å²) in [7, 11) is -2.13. The summed E-state index contributed by atoms with van der Waals surface area (Å²) in [6.07, 6.45) is 2.71. The van der Waals surface area contributed by atoms with Gasteiger partial charge in [0.2, 0.25) is 5.91 Å². The van der Waals surface area contributed by atoms with Crippen LogP contribution in [0.4, 0.5) is 0 Å². The van der Waals surface area contributed by atoms with E-state index < -0.39 is 10.0 Å². The largest absolute Gasteiger partial charge is 0.493 e. The molecule has 2 heterocycles. The molecular weight excluding hydrogens is 412 g/mol. The molecule has 0 bridgehead atoms. The van der Waals surface area contributed by atoms with Crippen LogP contribution in [0.5, 0.6) is 11.5 Å². The van der Waals surface area contributed by atoms with Gasteiger partial charge in [-0.2, -0.15) is 4.31 Å². The van der Waals surface area contributed by atoms with E-state index >= 15 is 0 Å². The number of carbonyl (C=O) groups excluding carboxylic acids is 1. The molecular formula is C19H26N4O6S. The SMILES string of the molecule is CCOc1ccc(CNC(=O)Cn2cnc(S(=O)(=O)N3CCOCC3)c2)cc1OC. The van der Waals surface area contributed by atoms with Crippen LogP contribution in [0.2, 0.25) is 0 Å². The number of sulfonamides is 1. The number of nitrogens with one attached hydrogen (secondary N) is 1. The predicted molar refractivity (Wildman–Crippen MR) is 108 cm³/mol. The Labute approximate surface area is 175 Å². The molecule has 0 radical (unpaired) electrons. The smallest absolute Gasteiger partial charge is 0.262 e. The Bertz CT molecular complexity index is 969. The zero-order valence-electron chi connectivity index (χ0n) is 17.0. The third kappa shape index (κ3) is 5.29. The van der Waals surface area contributed by atoms with Gasteiger partial charge in [0.25, 0.3) is 10.0 Å². The highest BCUT2D eigenvalue weighted by Gasteiger charge is 2.28. The van der Waals surface area contributed by atoms with Crippen LogP contribution >= 0.6 is 0 Å². The van der Waals surface area contributed by atoms with Crippen LogP contribution in [0.3, 0.4) is 0 Å². The van der Waals surface area contributed by atoms with Crippen molar-refractivity contribution in [3.63, 3.8) is 0 Å². The zero-order valence-corrected chi connectivity index (χ0v) is 17.9. The van der Waals surface area contributed by atoms with Gasteiger partial charge < -0.3 is 24.1 Å². The van der Waals surface area contributed by atoms with Crippen LogP contribution in [0.15, 0.2) is 35.7 Å². The Hall–Kier alpha value is -2.63. The van der Waals surface area contributed by atoms with Gasteiger partial charge in [-0.15, -0.1) is 0 Å². The molecule has 10 nitrogen and oxygen atoms in total. The normalized spacial score (nSPS) is 15.0. The molecule has 1 saturated heterocycles. The summed E-state index contributed by atoms with van der Waals surface area (Å²) in [5.41, 5.74) is 0.852. The van der Waals surface area contributed by atoms with E-state index in [1.165, 1.54) is 21.4 Å². The van der Waals surface area contributed by atoms with Crippen molar-refractivity contribution in [2.24, 2.45) is 0 Å². The maximum absolute atomic E-state index is 12.6. The molecule has 1 aliphatic heterocycles. The molecule has 1 N–H and O–H groups in total. The van der Waals surface area contributed by atoms with Gasteiger partial charge in [-0.3, -0.25) is 4.79 Å². The standard InChI is InChI=1S/C19H26N4O6S/c1-3-29-16-5-4-15(10-17(16)27-2)11-20-18(24)12-22-13-19(21-14-22)30(25,26)23-6-8-28-9-7-23/h4-5,10,13-14H,3,6-9,11-12H2,1-2H3,(H,20,24). The number of rotatable bonds is 9. The van der Waals surface area contributed by atoms with E-state index in [9.17, 15) is 13.2 Å².